The maximum absolute atomic E-state index is 11.3. The summed E-state index contributed by atoms with van der Waals surface area (Å²) in [5, 5.41) is 1.78. The molecule has 0 aromatic carbocycles. The number of hydrogen-bond acceptors (Lipinski definition) is 1. The zero-order valence-electron chi connectivity index (χ0n) is 6.54. The molecule has 0 aromatic rings. The van der Waals surface area contributed by atoms with Crippen molar-refractivity contribution in [3.63, 3.8) is 0 Å². The third-order valence-electron chi connectivity index (χ3n) is 1.90. The molecular formula is C8H14OS. The normalized spacial score (nSPS) is 39.3. The first kappa shape index (κ1) is 7.86. The molecule has 1 aliphatic heterocycles. The van der Waals surface area contributed by atoms with Gasteiger partial charge in [-0.05, 0) is 32.6 Å². The van der Waals surface area contributed by atoms with Crippen molar-refractivity contribution in [2.75, 3.05) is 5.75 Å². The Kier molecular flexibility index (Phi) is 1.90. The Morgan fingerprint density at radius 2 is 2.30 bits per heavy atom. The maximum Gasteiger partial charge on any atom is 0.0261 e. The summed E-state index contributed by atoms with van der Waals surface area (Å²) >= 11 is 0. The lowest BCUT2D eigenvalue weighted by atomic mass is 9.99. The highest BCUT2D eigenvalue weighted by Gasteiger charge is 2.19. The van der Waals surface area contributed by atoms with Gasteiger partial charge in [0.05, 0.1) is 0 Å². The van der Waals surface area contributed by atoms with E-state index in [9.17, 15) is 4.21 Å². The van der Waals surface area contributed by atoms with E-state index in [1.54, 1.807) is 5.41 Å². The SMILES string of the molecule is C=S1(=O)C=CC(C(C)C)C1. The molecule has 2 heteroatoms. The quantitative estimate of drug-likeness (QED) is 0.529. The van der Waals surface area contributed by atoms with Crippen LogP contribution in [0.3, 0.4) is 0 Å². The van der Waals surface area contributed by atoms with E-state index in [1.807, 2.05) is 6.08 Å². The van der Waals surface area contributed by atoms with Crippen molar-refractivity contribution in [3.8, 4) is 0 Å². The van der Waals surface area contributed by atoms with E-state index in [1.165, 1.54) is 0 Å². The molecule has 1 rings (SSSR count). The van der Waals surface area contributed by atoms with Crippen molar-refractivity contribution in [1.82, 2.24) is 0 Å². The minimum absolute atomic E-state index is 0.491. The molecule has 0 aromatic heterocycles. The Morgan fingerprint density at radius 3 is 2.50 bits per heavy atom. The van der Waals surface area contributed by atoms with E-state index in [-0.39, 0.29) is 0 Å². The van der Waals surface area contributed by atoms with Crippen molar-refractivity contribution >= 4 is 15.4 Å². The molecule has 0 N–H and O–H groups in total. The molecule has 1 aliphatic rings. The average molecular weight is 158 g/mol. The molecule has 10 heavy (non-hydrogen) atoms. The molecule has 0 saturated carbocycles. The van der Waals surface area contributed by atoms with Gasteiger partial charge in [0.2, 0.25) is 0 Å². The first-order chi connectivity index (χ1) is 4.51. The van der Waals surface area contributed by atoms with Gasteiger partial charge in [-0.3, -0.25) is 4.21 Å². The Hall–Kier alpha value is -0.240. The summed E-state index contributed by atoms with van der Waals surface area (Å²) in [4.78, 5) is 0. The highest BCUT2D eigenvalue weighted by atomic mass is 32.2. The molecule has 2 atom stereocenters. The van der Waals surface area contributed by atoms with E-state index < -0.39 is 9.52 Å². The molecule has 0 radical (unpaired) electrons. The molecule has 0 spiro atoms. The third-order valence-corrected chi connectivity index (χ3v) is 3.51. The van der Waals surface area contributed by atoms with Gasteiger partial charge in [-0.2, -0.15) is 0 Å². The van der Waals surface area contributed by atoms with Crippen LogP contribution in [0.25, 0.3) is 0 Å². The minimum atomic E-state index is -1.82. The van der Waals surface area contributed by atoms with Gasteiger partial charge in [0.25, 0.3) is 0 Å². The van der Waals surface area contributed by atoms with Crippen LogP contribution in [0.15, 0.2) is 11.5 Å². The van der Waals surface area contributed by atoms with Gasteiger partial charge < -0.3 is 0 Å². The Labute approximate surface area is 63.1 Å². The standard InChI is InChI=1S/C8H14OS/c1-7(2)8-4-5-10(3,9)6-8/h4-5,7-8H,3,6H2,1-2H3. The van der Waals surface area contributed by atoms with E-state index in [0.717, 1.165) is 5.75 Å². The molecule has 0 saturated heterocycles. The number of allylic oxidation sites excluding steroid dienone is 1. The molecule has 1 heterocycles. The molecular weight excluding hydrogens is 144 g/mol. The van der Waals surface area contributed by atoms with Crippen molar-refractivity contribution in [3.05, 3.63) is 11.5 Å². The number of hydrogen-bond donors (Lipinski definition) is 0. The van der Waals surface area contributed by atoms with Gasteiger partial charge in [-0.1, -0.05) is 19.9 Å². The predicted molar refractivity (Wildman–Crippen MR) is 47.6 cm³/mol. The van der Waals surface area contributed by atoms with Crippen molar-refractivity contribution in [2.24, 2.45) is 11.8 Å². The smallest absolute Gasteiger partial charge is 0.0261 e. The topological polar surface area (TPSA) is 17.1 Å². The lowest BCUT2D eigenvalue weighted by Gasteiger charge is -2.10. The Bertz CT molecular complexity index is 234. The summed E-state index contributed by atoms with van der Waals surface area (Å²) < 4.78 is 11.3. The van der Waals surface area contributed by atoms with Crippen molar-refractivity contribution < 1.29 is 4.21 Å². The fraction of sp³-hybridized carbons (Fsp3) is 0.625. The first-order valence-electron chi connectivity index (χ1n) is 3.54. The maximum atomic E-state index is 11.3. The summed E-state index contributed by atoms with van der Waals surface area (Å²) in [6.45, 7) is 4.30. The summed E-state index contributed by atoms with van der Waals surface area (Å²) in [6.07, 6.45) is 2.04. The lowest BCUT2D eigenvalue weighted by molar-refractivity contribution is 0.512. The second kappa shape index (κ2) is 2.42. The second-order valence-corrected chi connectivity index (χ2v) is 5.62. The van der Waals surface area contributed by atoms with Crippen LogP contribution in [-0.2, 0) is 9.52 Å². The van der Waals surface area contributed by atoms with Crippen LogP contribution in [0.5, 0.6) is 0 Å². The van der Waals surface area contributed by atoms with E-state index >= 15 is 0 Å². The summed E-state index contributed by atoms with van der Waals surface area (Å²) in [5.74, 6) is 5.49. The average Bonchev–Trinajstić information content (AvgIpc) is 2.10. The van der Waals surface area contributed by atoms with Crippen LogP contribution in [0.2, 0.25) is 0 Å². The molecule has 58 valence electrons. The lowest BCUT2D eigenvalue weighted by Crippen LogP contribution is -2.10. The van der Waals surface area contributed by atoms with E-state index in [2.05, 4.69) is 19.7 Å². The van der Waals surface area contributed by atoms with Gasteiger partial charge >= 0.3 is 0 Å². The Morgan fingerprint density at radius 1 is 1.70 bits per heavy atom. The van der Waals surface area contributed by atoms with Gasteiger partial charge in [0.15, 0.2) is 0 Å². The van der Waals surface area contributed by atoms with Gasteiger partial charge in [-0.15, -0.1) is 0 Å². The highest BCUT2D eigenvalue weighted by Crippen LogP contribution is 2.21. The summed E-state index contributed by atoms with van der Waals surface area (Å²) in [6, 6.07) is 0. The zero-order chi connectivity index (χ0) is 7.78. The van der Waals surface area contributed by atoms with Crippen LogP contribution in [-0.4, -0.2) is 15.8 Å². The largest absolute Gasteiger partial charge is 0.264 e. The van der Waals surface area contributed by atoms with E-state index in [0.29, 0.717) is 11.8 Å². The molecule has 2 unspecified atom stereocenters. The minimum Gasteiger partial charge on any atom is -0.264 e. The summed E-state index contributed by atoms with van der Waals surface area (Å²) in [7, 11) is -1.82. The fourth-order valence-corrected chi connectivity index (χ4v) is 2.84. The monoisotopic (exact) mass is 158 g/mol. The predicted octanol–water partition coefficient (Wildman–Crippen LogP) is 1.50. The summed E-state index contributed by atoms with van der Waals surface area (Å²) in [5.41, 5.74) is 0. The highest BCUT2D eigenvalue weighted by molar-refractivity contribution is 8.03. The molecule has 0 fully saturated rings. The van der Waals surface area contributed by atoms with Gasteiger partial charge in [-0.25, -0.2) is 0 Å². The second-order valence-electron chi connectivity index (χ2n) is 3.27. The van der Waals surface area contributed by atoms with Crippen LogP contribution in [0.4, 0.5) is 0 Å². The van der Waals surface area contributed by atoms with Crippen molar-refractivity contribution in [1.29, 1.82) is 0 Å². The Balaban J connectivity index is 2.72. The molecule has 0 aliphatic carbocycles. The fourth-order valence-electron chi connectivity index (χ4n) is 1.10. The van der Waals surface area contributed by atoms with Crippen LogP contribution < -0.4 is 0 Å². The third kappa shape index (κ3) is 1.63. The van der Waals surface area contributed by atoms with Gasteiger partial charge in [0.1, 0.15) is 0 Å². The molecule has 1 nitrogen and oxygen atoms in total. The van der Waals surface area contributed by atoms with Crippen molar-refractivity contribution in [2.45, 2.75) is 13.8 Å². The molecule has 0 amide bonds. The molecule has 0 bridgehead atoms. The van der Waals surface area contributed by atoms with Crippen LogP contribution >= 0.6 is 0 Å². The van der Waals surface area contributed by atoms with Crippen LogP contribution in [0, 0.1) is 11.8 Å². The first-order valence-corrected chi connectivity index (χ1v) is 5.50. The van der Waals surface area contributed by atoms with Gasteiger partial charge in [0, 0.05) is 5.75 Å². The van der Waals surface area contributed by atoms with Crippen LogP contribution in [0.1, 0.15) is 13.8 Å². The zero-order valence-corrected chi connectivity index (χ0v) is 7.36. The number of rotatable bonds is 1. The van der Waals surface area contributed by atoms with E-state index in [4.69, 9.17) is 0 Å².